The van der Waals surface area contributed by atoms with Crippen LogP contribution in [0.3, 0.4) is 0 Å². The van der Waals surface area contributed by atoms with Gasteiger partial charge in [-0.25, -0.2) is 4.79 Å². The lowest BCUT2D eigenvalue weighted by Crippen LogP contribution is -2.42. The molecule has 7 nitrogen and oxygen atoms in total. The van der Waals surface area contributed by atoms with Gasteiger partial charge in [0.05, 0.1) is 10.6 Å². The number of carbonyl (C=O) groups is 4. The van der Waals surface area contributed by atoms with E-state index in [1.54, 1.807) is 36.4 Å². The van der Waals surface area contributed by atoms with Crippen molar-refractivity contribution in [3.63, 3.8) is 0 Å². The van der Waals surface area contributed by atoms with Crippen LogP contribution in [0.1, 0.15) is 41.5 Å². The zero-order valence-electron chi connectivity index (χ0n) is 16.2. The van der Waals surface area contributed by atoms with E-state index in [1.165, 1.54) is 32.9 Å². The number of halogens is 1. The molecule has 2 N–H and O–H groups in total. The van der Waals surface area contributed by atoms with Crippen LogP contribution in [0.25, 0.3) is 0 Å². The van der Waals surface area contributed by atoms with Crippen LogP contribution >= 0.6 is 11.6 Å². The van der Waals surface area contributed by atoms with E-state index in [2.05, 4.69) is 10.6 Å². The van der Waals surface area contributed by atoms with Crippen molar-refractivity contribution in [3.8, 4) is 0 Å². The molecular weight excluding hydrogens is 396 g/mol. The van der Waals surface area contributed by atoms with Gasteiger partial charge in [-0.15, -0.1) is 0 Å². The minimum absolute atomic E-state index is 0.135. The average molecular weight is 417 g/mol. The summed E-state index contributed by atoms with van der Waals surface area (Å²) < 4.78 is 5.13. The first-order chi connectivity index (χ1) is 13.7. The highest BCUT2D eigenvalue weighted by molar-refractivity contribution is 6.33. The summed E-state index contributed by atoms with van der Waals surface area (Å²) in [6.07, 6.45) is -1.11. The summed E-state index contributed by atoms with van der Waals surface area (Å²) in [5.41, 5.74) is 1.08. The Morgan fingerprint density at radius 2 is 1.69 bits per heavy atom. The Hall–Kier alpha value is -3.19. The van der Waals surface area contributed by atoms with Gasteiger partial charge >= 0.3 is 5.97 Å². The van der Waals surface area contributed by atoms with Crippen molar-refractivity contribution in [1.29, 1.82) is 0 Å². The van der Waals surface area contributed by atoms with E-state index < -0.39 is 29.9 Å². The summed E-state index contributed by atoms with van der Waals surface area (Å²) in [4.78, 5) is 48.1. The van der Waals surface area contributed by atoms with Crippen LogP contribution in [0.4, 0.5) is 5.69 Å². The quantitative estimate of drug-likeness (QED) is 0.533. The van der Waals surface area contributed by atoms with Gasteiger partial charge in [0.1, 0.15) is 6.04 Å². The van der Waals surface area contributed by atoms with E-state index in [-0.39, 0.29) is 16.4 Å². The van der Waals surface area contributed by atoms with Crippen molar-refractivity contribution >= 4 is 40.9 Å². The number of anilines is 1. The standard InChI is InChI=1S/C21H21ClN2O5/c1-12(23-20(27)17-9-4-5-10-18(17)22)21(28)29-14(3)19(26)24-16-8-6-7-15(11-16)13(2)25/h4-12,14H,1-3H3,(H,23,27)(H,24,26)/t12-,14-/m0/s1. The summed E-state index contributed by atoms with van der Waals surface area (Å²) in [6.45, 7) is 4.27. The van der Waals surface area contributed by atoms with E-state index in [1.807, 2.05) is 0 Å². The first-order valence-corrected chi connectivity index (χ1v) is 9.24. The second-order valence-corrected chi connectivity index (χ2v) is 6.79. The summed E-state index contributed by atoms with van der Waals surface area (Å²) in [5.74, 6) is -2.00. The van der Waals surface area contributed by atoms with Crippen molar-refractivity contribution in [1.82, 2.24) is 5.32 Å². The van der Waals surface area contributed by atoms with Crippen LogP contribution in [0.2, 0.25) is 5.02 Å². The van der Waals surface area contributed by atoms with Crippen molar-refractivity contribution in [2.24, 2.45) is 0 Å². The number of benzene rings is 2. The molecule has 0 aromatic heterocycles. The maximum Gasteiger partial charge on any atom is 0.329 e. The number of ether oxygens (including phenoxy) is 1. The first kappa shape index (κ1) is 22.1. The molecule has 0 aliphatic heterocycles. The van der Waals surface area contributed by atoms with Gasteiger partial charge in [-0.3, -0.25) is 14.4 Å². The highest BCUT2D eigenvalue weighted by Gasteiger charge is 2.24. The van der Waals surface area contributed by atoms with Gasteiger partial charge < -0.3 is 15.4 Å². The summed E-state index contributed by atoms with van der Waals surface area (Å²) in [5, 5.41) is 5.32. The molecule has 0 heterocycles. The van der Waals surface area contributed by atoms with Gasteiger partial charge in [-0.1, -0.05) is 35.9 Å². The van der Waals surface area contributed by atoms with Crippen LogP contribution in [-0.2, 0) is 14.3 Å². The van der Waals surface area contributed by atoms with Crippen LogP contribution in [0, 0.1) is 0 Å². The molecule has 2 rings (SSSR count). The molecular formula is C21H21ClN2O5. The number of carbonyl (C=O) groups excluding carboxylic acids is 4. The lowest BCUT2D eigenvalue weighted by atomic mass is 10.1. The summed E-state index contributed by atoms with van der Waals surface area (Å²) >= 11 is 5.96. The zero-order chi connectivity index (χ0) is 21.6. The molecule has 0 radical (unpaired) electrons. The predicted molar refractivity (Wildman–Crippen MR) is 109 cm³/mol. The van der Waals surface area contributed by atoms with Crippen molar-refractivity contribution < 1.29 is 23.9 Å². The largest absolute Gasteiger partial charge is 0.451 e. The molecule has 2 amide bonds. The van der Waals surface area contributed by atoms with E-state index in [9.17, 15) is 19.2 Å². The number of rotatable bonds is 7. The van der Waals surface area contributed by atoms with Crippen molar-refractivity contribution in [2.45, 2.75) is 32.9 Å². The Labute approximate surface area is 173 Å². The molecule has 2 atom stereocenters. The molecule has 2 aromatic rings. The normalized spacial score (nSPS) is 12.4. The maximum absolute atomic E-state index is 12.3. The highest BCUT2D eigenvalue weighted by Crippen LogP contribution is 2.15. The Kier molecular flexibility index (Phi) is 7.50. The Balaban J connectivity index is 1.92. The second kappa shape index (κ2) is 9.84. The SMILES string of the molecule is CC(=O)c1cccc(NC(=O)[C@H](C)OC(=O)[C@H](C)NC(=O)c2ccccc2Cl)c1. The number of ketones is 1. The van der Waals surface area contributed by atoms with E-state index in [4.69, 9.17) is 16.3 Å². The van der Waals surface area contributed by atoms with Crippen molar-refractivity contribution in [3.05, 3.63) is 64.7 Å². The van der Waals surface area contributed by atoms with E-state index in [0.29, 0.717) is 11.3 Å². The maximum atomic E-state index is 12.3. The van der Waals surface area contributed by atoms with Gasteiger partial charge in [0, 0.05) is 11.3 Å². The second-order valence-electron chi connectivity index (χ2n) is 6.38. The minimum Gasteiger partial charge on any atom is -0.451 e. The lowest BCUT2D eigenvalue weighted by Gasteiger charge is -2.18. The molecule has 0 fully saturated rings. The highest BCUT2D eigenvalue weighted by atomic mass is 35.5. The number of Topliss-reactive ketones (excluding diaryl/α,β-unsaturated/α-hetero) is 1. The van der Waals surface area contributed by atoms with Crippen molar-refractivity contribution in [2.75, 3.05) is 5.32 Å². The van der Waals surface area contributed by atoms with Gasteiger partial charge in [-0.2, -0.15) is 0 Å². The molecule has 0 aliphatic carbocycles. The van der Waals surface area contributed by atoms with Gasteiger partial charge in [0.15, 0.2) is 11.9 Å². The Morgan fingerprint density at radius 1 is 1.00 bits per heavy atom. The van der Waals surface area contributed by atoms with Crippen LogP contribution in [0.5, 0.6) is 0 Å². The summed E-state index contributed by atoms with van der Waals surface area (Å²) in [6, 6.07) is 11.8. The molecule has 0 saturated carbocycles. The average Bonchev–Trinajstić information content (AvgIpc) is 2.68. The van der Waals surface area contributed by atoms with Gasteiger partial charge in [-0.05, 0) is 45.0 Å². The van der Waals surface area contributed by atoms with Crippen LogP contribution in [-0.4, -0.2) is 35.7 Å². The number of amides is 2. The fourth-order valence-electron chi connectivity index (χ4n) is 2.37. The molecule has 152 valence electrons. The molecule has 2 aromatic carbocycles. The topological polar surface area (TPSA) is 102 Å². The monoisotopic (exact) mass is 416 g/mol. The third-order valence-electron chi connectivity index (χ3n) is 4.02. The summed E-state index contributed by atoms with van der Waals surface area (Å²) in [7, 11) is 0. The molecule has 0 unspecified atom stereocenters. The number of hydrogen-bond donors (Lipinski definition) is 2. The minimum atomic E-state index is -1.11. The van der Waals surface area contributed by atoms with Gasteiger partial charge in [0.25, 0.3) is 11.8 Å². The molecule has 0 spiro atoms. The molecule has 0 saturated heterocycles. The lowest BCUT2D eigenvalue weighted by molar-refractivity contribution is -0.154. The Morgan fingerprint density at radius 3 is 2.34 bits per heavy atom. The predicted octanol–water partition coefficient (Wildman–Crippen LogP) is 3.23. The molecule has 0 aliphatic rings. The van der Waals surface area contributed by atoms with Crippen LogP contribution in [0.15, 0.2) is 48.5 Å². The number of hydrogen-bond acceptors (Lipinski definition) is 5. The first-order valence-electron chi connectivity index (χ1n) is 8.86. The number of esters is 1. The molecule has 8 heteroatoms. The fourth-order valence-corrected chi connectivity index (χ4v) is 2.59. The number of nitrogens with one attached hydrogen (secondary N) is 2. The van der Waals surface area contributed by atoms with E-state index >= 15 is 0 Å². The molecule has 29 heavy (non-hydrogen) atoms. The third-order valence-corrected chi connectivity index (χ3v) is 4.35. The van der Waals surface area contributed by atoms with Crippen LogP contribution < -0.4 is 10.6 Å². The van der Waals surface area contributed by atoms with E-state index in [0.717, 1.165) is 0 Å². The Bertz CT molecular complexity index is 944. The third kappa shape index (κ3) is 6.15. The molecule has 0 bridgehead atoms. The van der Waals surface area contributed by atoms with Gasteiger partial charge in [0.2, 0.25) is 0 Å². The fraction of sp³-hybridized carbons (Fsp3) is 0.238. The zero-order valence-corrected chi connectivity index (χ0v) is 16.9. The smallest absolute Gasteiger partial charge is 0.329 e.